The van der Waals surface area contributed by atoms with Gasteiger partial charge in [0.25, 0.3) is 0 Å². The van der Waals surface area contributed by atoms with Crippen LogP contribution in [0.2, 0.25) is 10.3 Å². The van der Waals surface area contributed by atoms with Gasteiger partial charge in [-0.15, -0.1) is 4.73 Å². The van der Waals surface area contributed by atoms with Gasteiger partial charge in [-0.1, -0.05) is 30.1 Å². The first kappa shape index (κ1) is 11.8. The van der Waals surface area contributed by atoms with Crippen LogP contribution in [0.1, 0.15) is 19.8 Å². The van der Waals surface area contributed by atoms with Crippen molar-refractivity contribution in [2.45, 2.75) is 19.8 Å². The highest BCUT2D eigenvalue weighted by Crippen LogP contribution is 2.24. The zero-order valence-electron chi connectivity index (χ0n) is 7.26. The first-order valence-corrected chi connectivity index (χ1v) is 5.41. The van der Waals surface area contributed by atoms with E-state index in [1.807, 2.05) is 6.92 Å². The summed E-state index contributed by atoms with van der Waals surface area (Å²) in [5.41, 5.74) is 0. The summed E-state index contributed by atoms with van der Waals surface area (Å²) in [7, 11) is 0. The highest BCUT2D eigenvalue weighted by atomic mass is 79.9. The summed E-state index contributed by atoms with van der Waals surface area (Å²) in [6.07, 6.45) is 1.02. The minimum absolute atomic E-state index is 0.0722. The van der Waals surface area contributed by atoms with Gasteiger partial charge < -0.3 is 4.84 Å². The molecule has 0 radical (unpaired) electrons. The van der Waals surface area contributed by atoms with Crippen molar-refractivity contribution in [1.82, 2.24) is 9.71 Å². The predicted octanol–water partition coefficient (Wildman–Crippen LogP) is 2.71. The van der Waals surface area contributed by atoms with E-state index in [9.17, 15) is 4.79 Å². The molecule has 1 rings (SSSR count). The third-order valence-corrected chi connectivity index (χ3v) is 2.55. The quantitative estimate of drug-likeness (QED) is 0.862. The Morgan fingerprint density at radius 3 is 2.71 bits per heavy atom. The zero-order chi connectivity index (χ0) is 10.7. The molecule has 0 atom stereocenters. The van der Waals surface area contributed by atoms with Crippen molar-refractivity contribution in [2.75, 3.05) is 0 Å². The Labute approximate surface area is 99.2 Å². The van der Waals surface area contributed by atoms with Crippen LogP contribution >= 0.6 is 39.1 Å². The average Bonchev–Trinajstić information content (AvgIpc) is 2.33. The Balaban J connectivity index is 2.81. The Morgan fingerprint density at radius 2 is 2.29 bits per heavy atom. The molecular weight excluding hydrogens is 295 g/mol. The molecule has 14 heavy (non-hydrogen) atoms. The summed E-state index contributed by atoms with van der Waals surface area (Å²) >= 11 is 14.4. The molecule has 0 unspecified atom stereocenters. The van der Waals surface area contributed by atoms with Crippen LogP contribution in [0, 0.1) is 0 Å². The number of hydrogen-bond donors (Lipinski definition) is 0. The molecule has 0 saturated carbocycles. The van der Waals surface area contributed by atoms with E-state index in [1.165, 1.54) is 0 Å². The molecule has 0 aliphatic heterocycles. The standard InChI is InChI=1S/C7H7BrCl2N2O2/c1-2-3-4(13)14-12-6(10)5(9)11-7(12)8/h2-3H2,1H3. The smallest absolute Gasteiger partial charge is 0.333 e. The van der Waals surface area contributed by atoms with Crippen LogP contribution in [0.4, 0.5) is 0 Å². The highest BCUT2D eigenvalue weighted by molar-refractivity contribution is 9.10. The van der Waals surface area contributed by atoms with E-state index in [2.05, 4.69) is 20.9 Å². The van der Waals surface area contributed by atoms with E-state index >= 15 is 0 Å². The third kappa shape index (κ3) is 2.62. The summed E-state index contributed by atoms with van der Waals surface area (Å²) < 4.78 is 1.30. The summed E-state index contributed by atoms with van der Waals surface area (Å²) in [5.74, 6) is -0.385. The zero-order valence-corrected chi connectivity index (χ0v) is 10.4. The fourth-order valence-corrected chi connectivity index (χ4v) is 1.71. The van der Waals surface area contributed by atoms with Crippen molar-refractivity contribution in [3.8, 4) is 0 Å². The molecule has 0 aliphatic rings. The maximum absolute atomic E-state index is 11.1. The lowest BCUT2D eigenvalue weighted by atomic mass is 10.3. The van der Waals surface area contributed by atoms with E-state index in [0.717, 1.165) is 4.73 Å². The predicted molar refractivity (Wildman–Crippen MR) is 56.4 cm³/mol. The van der Waals surface area contributed by atoms with Gasteiger partial charge in [0, 0.05) is 6.42 Å². The molecule has 0 aliphatic carbocycles. The second-order valence-corrected chi connectivity index (χ2v) is 3.90. The largest absolute Gasteiger partial charge is 0.333 e. The molecule has 1 heterocycles. The number of aromatic nitrogens is 2. The molecule has 4 nitrogen and oxygen atoms in total. The second kappa shape index (κ2) is 5.00. The molecule has 1 aromatic heterocycles. The first-order chi connectivity index (χ1) is 6.56. The van der Waals surface area contributed by atoms with Crippen LogP contribution < -0.4 is 4.84 Å². The second-order valence-electron chi connectivity index (χ2n) is 2.47. The molecule has 1 aromatic rings. The van der Waals surface area contributed by atoms with Crippen LogP contribution in [0.25, 0.3) is 0 Å². The SMILES string of the molecule is CCCC(=O)On1c(Br)nc(Cl)c1Cl. The molecule has 0 saturated heterocycles. The van der Waals surface area contributed by atoms with E-state index in [-0.39, 0.29) is 21.0 Å². The molecule has 78 valence electrons. The summed E-state index contributed by atoms with van der Waals surface area (Å²) in [5, 5.41) is 0.158. The van der Waals surface area contributed by atoms with Crippen LogP contribution in [-0.2, 0) is 4.79 Å². The fourth-order valence-electron chi connectivity index (χ4n) is 0.767. The number of carbonyl (C=O) groups excluding carboxylic acids is 1. The van der Waals surface area contributed by atoms with Crippen molar-refractivity contribution < 1.29 is 9.63 Å². The minimum Gasteiger partial charge on any atom is -0.333 e. The van der Waals surface area contributed by atoms with Crippen molar-refractivity contribution in [3.05, 3.63) is 15.0 Å². The Morgan fingerprint density at radius 1 is 1.64 bits per heavy atom. The van der Waals surface area contributed by atoms with Crippen LogP contribution in [-0.4, -0.2) is 15.7 Å². The lowest BCUT2D eigenvalue weighted by molar-refractivity contribution is -0.144. The normalized spacial score (nSPS) is 10.3. The van der Waals surface area contributed by atoms with Gasteiger partial charge in [-0.25, -0.2) is 9.78 Å². The van der Waals surface area contributed by atoms with Crippen LogP contribution in [0.15, 0.2) is 4.73 Å². The monoisotopic (exact) mass is 300 g/mol. The van der Waals surface area contributed by atoms with Gasteiger partial charge in [-0.2, -0.15) is 0 Å². The van der Waals surface area contributed by atoms with E-state index in [1.54, 1.807) is 0 Å². The molecule has 7 heteroatoms. The topological polar surface area (TPSA) is 44.1 Å². The molecule has 0 spiro atoms. The van der Waals surface area contributed by atoms with E-state index < -0.39 is 0 Å². The van der Waals surface area contributed by atoms with Crippen molar-refractivity contribution in [3.63, 3.8) is 0 Å². The molecule has 0 amide bonds. The summed E-state index contributed by atoms with van der Waals surface area (Å²) in [6, 6.07) is 0. The van der Waals surface area contributed by atoms with Gasteiger partial charge in [0.1, 0.15) is 0 Å². The average molecular weight is 302 g/mol. The van der Waals surface area contributed by atoms with Crippen LogP contribution in [0.3, 0.4) is 0 Å². The number of carbonyl (C=O) groups is 1. The number of hydrogen-bond acceptors (Lipinski definition) is 3. The minimum atomic E-state index is -0.385. The van der Waals surface area contributed by atoms with Crippen molar-refractivity contribution >= 4 is 45.1 Å². The first-order valence-electron chi connectivity index (χ1n) is 3.86. The Bertz CT molecular complexity index is 354. The van der Waals surface area contributed by atoms with Gasteiger partial charge in [0.05, 0.1) is 0 Å². The van der Waals surface area contributed by atoms with Crippen molar-refractivity contribution in [2.24, 2.45) is 0 Å². The lowest BCUT2D eigenvalue weighted by Crippen LogP contribution is -2.19. The van der Waals surface area contributed by atoms with Crippen LogP contribution in [0.5, 0.6) is 0 Å². The Kier molecular flexibility index (Phi) is 4.22. The number of rotatable bonds is 3. The van der Waals surface area contributed by atoms with Gasteiger partial charge >= 0.3 is 5.97 Å². The van der Waals surface area contributed by atoms with E-state index in [4.69, 9.17) is 28.0 Å². The molecule has 0 bridgehead atoms. The molecule has 0 N–H and O–H groups in total. The van der Waals surface area contributed by atoms with Crippen molar-refractivity contribution in [1.29, 1.82) is 0 Å². The van der Waals surface area contributed by atoms with Gasteiger partial charge in [0.15, 0.2) is 10.3 Å². The third-order valence-electron chi connectivity index (χ3n) is 1.35. The molecule has 0 aromatic carbocycles. The molecule has 0 fully saturated rings. The number of imidazole rings is 1. The van der Waals surface area contributed by atoms with Gasteiger partial charge in [-0.05, 0) is 22.4 Å². The van der Waals surface area contributed by atoms with Gasteiger partial charge in [-0.3, -0.25) is 0 Å². The maximum atomic E-state index is 11.1. The summed E-state index contributed by atoms with van der Waals surface area (Å²) in [6.45, 7) is 1.87. The highest BCUT2D eigenvalue weighted by Gasteiger charge is 2.15. The number of halogens is 3. The Hall–Kier alpha value is -0.260. The lowest BCUT2D eigenvalue weighted by Gasteiger charge is -2.04. The van der Waals surface area contributed by atoms with E-state index in [0.29, 0.717) is 12.8 Å². The summed E-state index contributed by atoms with van der Waals surface area (Å²) in [4.78, 5) is 19.8. The maximum Gasteiger partial charge on any atom is 0.333 e. The number of nitrogens with zero attached hydrogens (tertiary/aromatic N) is 2. The fraction of sp³-hybridized carbons (Fsp3) is 0.429. The van der Waals surface area contributed by atoms with Gasteiger partial charge in [0.2, 0.25) is 4.73 Å². The molecular formula is C7H7BrCl2N2O2.